The Morgan fingerprint density at radius 1 is 1.24 bits per heavy atom. The number of hydrogen-bond acceptors (Lipinski definition) is 4. The molecule has 0 aliphatic rings. The molecule has 1 rings (SSSR count). The first-order chi connectivity index (χ1) is 9.93. The van der Waals surface area contributed by atoms with Crippen LogP contribution in [-0.2, 0) is 14.3 Å². The van der Waals surface area contributed by atoms with E-state index >= 15 is 0 Å². The van der Waals surface area contributed by atoms with Gasteiger partial charge in [0, 0.05) is 12.5 Å². The fourth-order valence-corrected chi connectivity index (χ4v) is 2.10. The molecule has 0 heterocycles. The maximum Gasteiger partial charge on any atom is 0.328 e. The van der Waals surface area contributed by atoms with E-state index in [0.29, 0.717) is 6.42 Å². The van der Waals surface area contributed by atoms with Crippen LogP contribution < -0.4 is 11.1 Å². The Morgan fingerprint density at radius 2 is 1.86 bits per heavy atom. The van der Waals surface area contributed by atoms with Crippen molar-refractivity contribution in [3.63, 3.8) is 0 Å². The summed E-state index contributed by atoms with van der Waals surface area (Å²) in [7, 11) is 1.32. The lowest BCUT2D eigenvalue weighted by atomic mass is 10.0. The monoisotopic (exact) mass is 292 g/mol. The molecule has 1 amide bonds. The highest BCUT2D eigenvalue weighted by Crippen LogP contribution is 2.14. The van der Waals surface area contributed by atoms with Gasteiger partial charge in [-0.1, -0.05) is 44.2 Å². The van der Waals surface area contributed by atoms with Gasteiger partial charge in [0.1, 0.15) is 6.04 Å². The van der Waals surface area contributed by atoms with Crippen LogP contribution in [0.2, 0.25) is 0 Å². The fraction of sp³-hybridized carbons (Fsp3) is 0.500. The third-order valence-electron chi connectivity index (χ3n) is 3.16. The van der Waals surface area contributed by atoms with Gasteiger partial charge in [0.15, 0.2) is 0 Å². The lowest BCUT2D eigenvalue weighted by Gasteiger charge is -2.19. The first-order valence-electron chi connectivity index (χ1n) is 7.11. The molecule has 2 atom stereocenters. The molecule has 3 N–H and O–H groups in total. The molecule has 0 aliphatic heterocycles. The maximum atomic E-state index is 12.0. The number of rotatable bonds is 7. The van der Waals surface area contributed by atoms with Gasteiger partial charge in [0.2, 0.25) is 5.91 Å². The van der Waals surface area contributed by atoms with E-state index < -0.39 is 12.0 Å². The van der Waals surface area contributed by atoms with Gasteiger partial charge in [-0.05, 0) is 17.9 Å². The second-order valence-electron chi connectivity index (χ2n) is 5.49. The molecule has 1 aromatic carbocycles. The third-order valence-corrected chi connectivity index (χ3v) is 3.16. The molecule has 0 saturated carbocycles. The molecule has 2 unspecified atom stereocenters. The molecule has 116 valence electrons. The van der Waals surface area contributed by atoms with Gasteiger partial charge in [-0.25, -0.2) is 4.79 Å². The number of benzene rings is 1. The Balaban J connectivity index is 2.59. The molecule has 1 aromatic rings. The molecular formula is C16H24N2O3. The van der Waals surface area contributed by atoms with Crippen molar-refractivity contribution in [2.45, 2.75) is 38.8 Å². The Labute approximate surface area is 125 Å². The molecule has 0 aromatic heterocycles. The minimum atomic E-state index is -0.620. The summed E-state index contributed by atoms with van der Waals surface area (Å²) in [6, 6.07) is 8.40. The summed E-state index contributed by atoms with van der Waals surface area (Å²) in [5.41, 5.74) is 6.90. The number of carbonyl (C=O) groups is 2. The van der Waals surface area contributed by atoms with Crippen LogP contribution in [0.5, 0.6) is 0 Å². The lowest BCUT2D eigenvalue weighted by Crippen LogP contribution is -2.43. The number of ether oxygens (including phenoxy) is 1. The highest BCUT2D eigenvalue weighted by Gasteiger charge is 2.23. The largest absolute Gasteiger partial charge is 0.467 e. The van der Waals surface area contributed by atoms with Crippen LogP contribution in [0.15, 0.2) is 30.3 Å². The Kier molecular flexibility index (Phi) is 6.88. The van der Waals surface area contributed by atoms with E-state index in [1.54, 1.807) is 0 Å². The van der Waals surface area contributed by atoms with E-state index in [1.165, 1.54) is 7.11 Å². The topological polar surface area (TPSA) is 81.4 Å². The third kappa shape index (κ3) is 5.95. The molecule has 21 heavy (non-hydrogen) atoms. The van der Waals surface area contributed by atoms with Crippen LogP contribution in [0.1, 0.15) is 38.3 Å². The number of hydrogen-bond donors (Lipinski definition) is 2. The minimum absolute atomic E-state index is 0.135. The normalized spacial score (nSPS) is 13.6. The van der Waals surface area contributed by atoms with Crippen LogP contribution >= 0.6 is 0 Å². The van der Waals surface area contributed by atoms with Crippen LogP contribution in [0.4, 0.5) is 0 Å². The van der Waals surface area contributed by atoms with Gasteiger partial charge in [-0.2, -0.15) is 0 Å². The number of nitrogens with one attached hydrogen (secondary N) is 1. The molecule has 5 heteroatoms. The fourth-order valence-electron chi connectivity index (χ4n) is 2.10. The average molecular weight is 292 g/mol. The number of nitrogens with two attached hydrogens (primary N) is 1. The predicted octanol–water partition coefficient (Wildman–Crippen LogP) is 1.78. The second-order valence-corrected chi connectivity index (χ2v) is 5.49. The highest BCUT2D eigenvalue weighted by molar-refractivity contribution is 5.84. The minimum Gasteiger partial charge on any atom is -0.467 e. The Morgan fingerprint density at radius 3 is 2.38 bits per heavy atom. The summed E-state index contributed by atoms with van der Waals surface area (Å²) in [4.78, 5) is 23.7. The summed E-state index contributed by atoms with van der Waals surface area (Å²) in [6.45, 7) is 3.97. The van der Waals surface area contributed by atoms with Crippen LogP contribution in [0.3, 0.4) is 0 Å². The Hall–Kier alpha value is -1.88. The summed E-state index contributed by atoms with van der Waals surface area (Å²) in [5, 5.41) is 2.71. The van der Waals surface area contributed by atoms with E-state index in [2.05, 4.69) is 5.32 Å². The molecule has 0 bridgehead atoms. The van der Waals surface area contributed by atoms with E-state index in [9.17, 15) is 9.59 Å². The summed E-state index contributed by atoms with van der Waals surface area (Å²) in [5.74, 6) is -0.398. The van der Waals surface area contributed by atoms with Crippen LogP contribution in [0, 0.1) is 5.92 Å². The van der Waals surface area contributed by atoms with E-state index in [4.69, 9.17) is 10.5 Å². The maximum absolute atomic E-state index is 12.0. The number of carbonyl (C=O) groups excluding carboxylic acids is 2. The summed E-state index contributed by atoms with van der Waals surface area (Å²) in [6.07, 6.45) is 0.675. The molecule has 0 spiro atoms. The van der Waals surface area contributed by atoms with Gasteiger partial charge in [-0.15, -0.1) is 0 Å². The molecular weight excluding hydrogens is 268 g/mol. The van der Waals surface area contributed by atoms with Gasteiger partial charge >= 0.3 is 5.97 Å². The van der Waals surface area contributed by atoms with Gasteiger partial charge in [-0.3, -0.25) is 4.79 Å². The lowest BCUT2D eigenvalue weighted by molar-refractivity contribution is -0.145. The van der Waals surface area contributed by atoms with E-state index in [1.807, 2.05) is 44.2 Å². The predicted molar refractivity (Wildman–Crippen MR) is 81.4 cm³/mol. The van der Waals surface area contributed by atoms with E-state index in [-0.39, 0.29) is 24.3 Å². The van der Waals surface area contributed by atoms with Gasteiger partial charge in [0.25, 0.3) is 0 Å². The van der Waals surface area contributed by atoms with E-state index in [0.717, 1.165) is 5.56 Å². The smallest absolute Gasteiger partial charge is 0.328 e. The zero-order valence-electron chi connectivity index (χ0n) is 12.8. The Bertz CT molecular complexity index is 460. The molecule has 0 fully saturated rings. The number of amides is 1. The van der Waals surface area contributed by atoms with Crippen molar-refractivity contribution < 1.29 is 14.3 Å². The van der Waals surface area contributed by atoms with Crippen LogP contribution in [0.25, 0.3) is 0 Å². The van der Waals surface area contributed by atoms with Crippen molar-refractivity contribution in [3.05, 3.63) is 35.9 Å². The van der Waals surface area contributed by atoms with Crippen molar-refractivity contribution in [2.24, 2.45) is 11.7 Å². The van der Waals surface area contributed by atoms with Gasteiger partial charge < -0.3 is 15.8 Å². The molecule has 0 radical (unpaired) electrons. The first kappa shape index (κ1) is 17.2. The zero-order chi connectivity index (χ0) is 15.8. The number of esters is 1. The van der Waals surface area contributed by atoms with Gasteiger partial charge in [0.05, 0.1) is 7.11 Å². The molecule has 0 aliphatic carbocycles. The standard InChI is InChI=1S/C16H24N2O3/c1-11(2)9-14(16(20)21-3)18-15(19)10-13(17)12-7-5-4-6-8-12/h4-8,11,13-14H,9-10,17H2,1-3H3,(H,18,19). The molecule has 0 saturated heterocycles. The SMILES string of the molecule is COC(=O)C(CC(C)C)NC(=O)CC(N)c1ccccc1. The zero-order valence-corrected chi connectivity index (χ0v) is 12.8. The molecule has 5 nitrogen and oxygen atoms in total. The van der Waals surface area contributed by atoms with Crippen LogP contribution in [-0.4, -0.2) is 25.0 Å². The highest BCUT2D eigenvalue weighted by atomic mass is 16.5. The quantitative estimate of drug-likeness (QED) is 0.751. The van der Waals surface area contributed by atoms with Crippen molar-refractivity contribution >= 4 is 11.9 Å². The summed E-state index contributed by atoms with van der Waals surface area (Å²) >= 11 is 0. The number of methoxy groups -OCH3 is 1. The first-order valence-corrected chi connectivity index (χ1v) is 7.11. The van der Waals surface area contributed by atoms with Crippen molar-refractivity contribution in [2.75, 3.05) is 7.11 Å². The second kappa shape index (κ2) is 8.42. The van der Waals surface area contributed by atoms with Crippen molar-refractivity contribution in [1.29, 1.82) is 0 Å². The average Bonchev–Trinajstić information content (AvgIpc) is 2.46. The summed E-state index contributed by atoms with van der Waals surface area (Å²) < 4.78 is 4.72. The van der Waals surface area contributed by atoms with Crippen molar-refractivity contribution in [1.82, 2.24) is 5.32 Å². The van der Waals surface area contributed by atoms with Crippen molar-refractivity contribution in [3.8, 4) is 0 Å².